The molecule has 2 rings (SSSR count). The fraction of sp³-hybridized carbons (Fsp3) is 0.409. The van der Waals surface area contributed by atoms with Crippen LogP contribution in [0.25, 0.3) is 0 Å². The smallest absolute Gasteiger partial charge is 0.303 e. The highest BCUT2D eigenvalue weighted by molar-refractivity contribution is 7.99. The van der Waals surface area contributed by atoms with Crippen LogP contribution in [-0.4, -0.2) is 22.0 Å². The zero-order valence-corrected chi connectivity index (χ0v) is 16.4. The zero-order valence-electron chi connectivity index (χ0n) is 18.8. The van der Waals surface area contributed by atoms with Gasteiger partial charge < -0.3 is 5.11 Å². The number of carbonyl (C=O) groups is 1. The molecule has 2 aromatic rings. The maximum absolute atomic E-state index is 10.8. The van der Waals surface area contributed by atoms with Gasteiger partial charge in [0.25, 0.3) is 0 Å². The van der Waals surface area contributed by atoms with Gasteiger partial charge in [-0.3, -0.25) is 4.79 Å². The van der Waals surface area contributed by atoms with Gasteiger partial charge in [-0.2, -0.15) is 23.5 Å². The average Bonchev–Trinajstić information content (AvgIpc) is 2.70. The monoisotopic (exact) mass is 392 g/mol. The minimum atomic E-state index is -1.75. The second kappa shape index (κ2) is 12.9. The topological polar surface area (TPSA) is 37.3 Å². The van der Waals surface area contributed by atoms with Crippen molar-refractivity contribution in [2.45, 2.75) is 48.8 Å². The molecule has 0 amide bonds. The summed E-state index contributed by atoms with van der Waals surface area (Å²) in [5, 5.41) is 7.76. The van der Waals surface area contributed by atoms with Gasteiger partial charge in [0.05, 0.1) is 0 Å². The SMILES string of the molecule is [2H]C(SC([2H])([2H])CC([2H])(CCCCC(=O)O)SCc1ccccc1)c1ccccc1. The molecule has 0 fully saturated rings. The van der Waals surface area contributed by atoms with Gasteiger partial charge in [-0.25, -0.2) is 0 Å². The van der Waals surface area contributed by atoms with Crippen molar-refractivity contribution < 1.29 is 15.4 Å². The van der Waals surface area contributed by atoms with Gasteiger partial charge in [0.15, 0.2) is 0 Å². The number of carboxylic acids is 1. The van der Waals surface area contributed by atoms with Crippen molar-refractivity contribution in [3.63, 3.8) is 0 Å². The Morgan fingerprint density at radius 1 is 1.00 bits per heavy atom. The minimum absolute atomic E-state index is 0.0303. The molecule has 1 N–H and O–H groups in total. The quantitative estimate of drug-likeness (QED) is 0.408. The third-order valence-corrected chi connectivity index (χ3v) is 5.66. The molecule has 0 saturated heterocycles. The Balaban J connectivity index is 2.04. The van der Waals surface area contributed by atoms with Gasteiger partial charge in [-0.1, -0.05) is 67.1 Å². The highest BCUT2D eigenvalue weighted by Crippen LogP contribution is 2.27. The number of thioether (sulfide) groups is 2. The number of carboxylic acid groups (broad SMARTS) is 1. The van der Waals surface area contributed by atoms with Crippen molar-refractivity contribution in [1.82, 2.24) is 0 Å². The molecule has 26 heavy (non-hydrogen) atoms. The third-order valence-electron chi connectivity index (χ3n) is 3.73. The Morgan fingerprint density at radius 2 is 1.65 bits per heavy atom. The van der Waals surface area contributed by atoms with Crippen LogP contribution in [0.1, 0.15) is 48.7 Å². The van der Waals surface area contributed by atoms with Gasteiger partial charge in [0, 0.05) is 28.6 Å². The number of hydrogen-bond acceptors (Lipinski definition) is 3. The van der Waals surface area contributed by atoms with Gasteiger partial charge in [0.1, 0.15) is 0 Å². The van der Waals surface area contributed by atoms with E-state index in [0.717, 1.165) is 22.9 Å². The molecule has 0 heterocycles. The Morgan fingerprint density at radius 3 is 2.31 bits per heavy atom. The largest absolute Gasteiger partial charge is 0.481 e. The summed E-state index contributed by atoms with van der Waals surface area (Å²) in [5.74, 6) is -0.263. The molecule has 2 unspecified atom stereocenters. The summed E-state index contributed by atoms with van der Waals surface area (Å²) in [6.45, 7) is 0. The van der Waals surface area contributed by atoms with Crippen LogP contribution in [0.2, 0.25) is 0 Å². The number of benzene rings is 2. The molecule has 0 aliphatic carbocycles. The Hall–Kier alpha value is -1.39. The van der Waals surface area contributed by atoms with E-state index in [4.69, 9.17) is 10.6 Å². The van der Waals surface area contributed by atoms with E-state index in [0.29, 0.717) is 25.0 Å². The van der Waals surface area contributed by atoms with Gasteiger partial charge in [-0.05, 0) is 36.1 Å². The third kappa shape index (κ3) is 9.35. The average molecular weight is 393 g/mol. The molecular weight excluding hydrogens is 360 g/mol. The van der Waals surface area contributed by atoms with E-state index in [9.17, 15) is 4.79 Å². The maximum atomic E-state index is 10.8. The lowest BCUT2D eigenvalue weighted by Gasteiger charge is -2.16. The van der Waals surface area contributed by atoms with E-state index >= 15 is 0 Å². The molecule has 0 bridgehead atoms. The molecule has 0 radical (unpaired) electrons. The highest BCUT2D eigenvalue weighted by Gasteiger charge is 2.10. The fourth-order valence-corrected chi connectivity index (χ4v) is 4.08. The summed E-state index contributed by atoms with van der Waals surface area (Å²) in [5.41, 5.74) is -0.710. The number of unbranched alkanes of at least 4 members (excludes halogenated alkanes) is 1. The second-order valence-electron chi connectivity index (χ2n) is 5.88. The molecule has 2 atom stereocenters. The lowest BCUT2D eigenvalue weighted by molar-refractivity contribution is -0.137. The van der Waals surface area contributed by atoms with E-state index in [-0.39, 0.29) is 12.8 Å². The van der Waals surface area contributed by atoms with E-state index in [1.54, 1.807) is 0 Å². The van der Waals surface area contributed by atoms with E-state index in [1.807, 2.05) is 60.7 Å². The summed E-state index contributed by atoms with van der Waals surface area (Å²) >= 11 is 2.31. The minimum Gasteiger partial charge on any atom is -0.481 e. The second-order valence-corrected chi connectivity index (χ2v) is 7.80. The Labute approximate surface area is 171 Å². The number of rotatable bonds is 13. The molecule has 0 aliphatic heterocycles. The zero-order chi connectivity index (χ0) is 22.0. The van der Waals surface area contributed by atoms with Crippen molar-refractivity contribution in [2.75, 3.05) is 5.70 Å². The number of hydrogen-bond donors (Lipinski definition) is 1. The highest BCUT2D eigenvalue weighted by atomic mass is 32.2. The van der Waals surface area contributed by atoms with Gasteiger partial charge in [0.2, 0.25) is 0 Å². The molecule has 140 valence electrons. The van der Waals surface area contributed by atoms with Crippen LogP contribution in [0.3, 0.4) is 0 Å². The summed E-state index contributed by atoms with van der Waals surface area (Å²) in [4.78, 5) is 10.8. The summed E-state index contributed by atoms with van der Waals surface area (Å²) in [6, 6.07) is 18.9. The van der Waals surface area contributed by atoms with Gasteiger partial charge >= 0.3 is 5.97 Å². The lowest BCUT2D eigenvalue weighted by Crippen LogP contribution is -2.06. The lowest BCUT2D eigenvalue weighted by atomic mass is 10.1. The summed E-state index contributed by atoms with van der Waals surface area (Å²) < 4.78 is 34.2. The van der Waals surface area contributed by atoms with Crippen molar-refractivity contribution in [1.29, 1.82) is 0 Å². The molecule has 0 aliphatic rings. The van der Waals surface area contributed by atoms with Crippen molar-refractivity contribution in [2.24, 2.45) is 0 Å². The maximum Gasteiger partial charge on any atom is 0.303 e. The van der Waals surface area contributed by atoms with Crippen LogP contribution in [-0.2, 0) is 16.3 Å². The number of aliphatic carboxylic acids is 1. The normalized spacial score (nSPS) is 17.2. The van der Waals surface area contributed by atoms with E-state index in [2.05, 4.69) is 0 Å². The molecule has 0 spiro atoms. The first-order valence-electron chi connectivity index (χ1n) is 10.8. The van der Waals surface area contributed by atoms with Crippen LogP contribution < -0.4 is 0 Å². The molecule has 4 heteroatoms. The predicted octanol–water partition coefficient (Wildman–Crippen LogP) is 6.26. The Kier molecular flexibility index (Phi) is 7.75. The van der Waals surface area contributed by atoms with E-state index in [1.165, 1.54) is 11.8 Å². The molecule has 2 aromatic carbocycles. The Bertz CT molecular complexity index is 777. The fourth-order valence-electron chi connectivity index (χ4n) is 2.33. The van der Waals surface area contributed by atoms with Crippen LogP contribution >= 0.6 is 23.5 Å². The van der Waals surface area contributed by atoms with Crippen molar-refractivity contribution in [3.05, 3.63) is 71.8 Å². The first kappa shape index (κ1) is 15.6. The van der Waals surface area contributed by atoms with Crippen LogP contribution in [0.15, 0.2) is 60.7 Å². The standard InChI is InChI=1S/C22H28O2S2/c23-22(24)14-8-7-13-21(26-18-20-11-5-2-6-12-20)15-16-25-17-19-9-3-1-4-10-19/h1-6,9-12,21H,7-8,13-18H2,(H,23,24)/i16D2,17D,21D. The van der Waals surface area contributed by atoms with Crippen LogP contribution in [0.4, 0.5) is 0 Å². The van der Waals surface area contributed by atoms with Gasteiger partial charge in [-0.15, -0.1) is 0 Å². The molecular formula is C22H28O2S2. The van der Waals surface area contributed by atoms with E-state index < -0.39 is 22.6 Å². The van der Waals surface area contributed by atoms with Crippen LogP contribution in [0, 0.1) is 0 Å². The molecule has 0 aromatic heterocycles. The van der Waals surface area contributed by atoms with Crippen molar-refractivity contribution in [3.8, 4) is 0 Å². The van der Waals surface area contributed by atoms with Crippen LogP contribution in [0.5, 0.6) is 0 Å². The molecule has 0 saturated carbocycles. The van der Waals surface area contributed by atoms with Crippen molar-refractivity contribution >= 4 is 29.5 Å². The first-order valence-corrected chi connectivity index (χ1v) is 10.6. The predicted molar refractivity (Wildman–Crippen MR) is 115 cm³/mol. The first-order chi connectivity index (χ1) is 14.2. The molecule has 2 nitrogen and oxygen atoms in total. The summed E-state index contributed by atoms with van der Waals surface area (Å²) in [7, 11) is 0. The summed E-state index contributed by atoms with van der Waals surface area (Å²) in [6.07, 6.45) is 1.47.